The minimum Gasteiger partial charge on any atom is -0.370 e. The summed E-state index contributed by atoms with van der Waals surface area (Å²) in [5.41, 5.74) is 0. The first kappa shape index (κ1) is 13.7. The van der Waals surface area contributed by atoms with E-state index in [1.807, 2.05) is 6.07 Å². The van der Waals surface area contributed by atoms with Crippen molar-refractivity contribution in [2.75, 3.05) is 31.5 Å². The van der Waals surface area contributed by atoms with Crippen molar-refractivity contribution in [1.82, 2.24) is 14.9 Å². The average Bonchev–Trinajstić information content (AvgIpc) is 2.83. The summed E-state index contributed by atoms with van der Waals surface area (Å²) in [5, 5.41) is 3.44. The summed E-state index contributed by atoms with van der Waals surface area (Å²) in [6.07, 6.45) is 2.15. The van der Waals surface area contributed by atoms with Crippen LogP contribution in [0.5, 0.6) is 0 Å². The van der Waals surface area contributed by atoms with Crippen LogP contribution in [-0.2, 0) is 6.42 Å². The first-order chi connectivity index (χ1) is 8.71. The second-order valence-corrected chi connectivity index (χ2v) is 5.59. The summed E-state index contributed by atoms with van der Waals surface area (Å²) in [6.45, 7) is 8.90. The molecule has 5 heteroatoms. The molecule has 0 amide bonds. The Hall–Kier alpha value is -0.680. The Morgan fingerprint density at radius 3 is 2.94 bits per heavy atom. The zero-order valence-electron chi connectivity index (χ0n) is 11.1. The lowest BCUT2D eigenvalue weighted by atomic mass is 10.1. The molecular weight excluding hydrogens is 292 g/mol. The Kier molecular flexibility index (Phi) is 4.95. The molecule has 0 aliphatic carbocycles. The van der Waals surface area contributed by atoms with Crippen molar-refractivity contribution in [3.05, 3.63) is 16.5 Å². The van der Waals surface area contributed by atoms with Gasteiger partial charge in [-0.25, -0.2) is 9.97 Å². The van der Waals surface area contributed by atoms with Gasteiger partial charge in [-0.05, 0) is 41.4 Å². The number of aromatic nitrogens is 2. The van der Waals surface area contributed by atoms with E-state index < -0.39 is 0 Å². The van der Waals surface area contributed by atoms with Crippen molar-refractivity contribution in [3.8, 4) is 0 Å². The summed E-state index contributed by atoms with van der Waals surface area (Å²) in [5.74, 6) is 2.56. The van der Waals surface area contributed by atoms with Gasteiger partial charge < -0.3 is 10.2 Å². The molecule has 0 radical (unpaired) electrons. The molecule has 0 spiro atoms. The fourth-order valence-electron chi connectivity index (χ4n) is 2.33. The molecule has 1 aliphatic rings. The number of nitrogens with zero attached hydrogens (tertiary/aromatic N) is 3. The minimum absolute atomic E-state index is 0.740. The summed E-state index contributed by atoms with van der Waals surface area (Å²) < 4.78 is 0.860. The van der Waals surface area contributed by atoms with E-state index in [0.717, 1.165) is 41.7 Å². The summed E-state index contributed by atoms with van der Waals surface area (Å²) in [7, 11) is 0. The van der Waals surface area contributed by atoms with E-state index in [1.165, 1.54) is 19.5 Å². The lowest BCUT2D eigenvalue weighted by molar-refractivity contribution is 0.345. The largest absolute Gasteiger partial charge is 0.370 e. The molecule has 1 N–H and O–H groups in total. The molecule has 1 saturated heterocycles. The van der Waals surface area contributed by atoms with E-state index in [0.29, 0.717) is 0 Å². The highest BCUT2D eigenvalue weighted by molar-refractivity contribution is 9.10. The molecule has 1 aromatic rings. The van der Waals surface area contributed by atoms with Gasteiger partial charge in [0.25, 0.3) is 0 Å². The molecule has 2 rings (SSSR count). The van der Waals surface area contributed by atoms with Gasteiger partial charge in [0.2, 0.25) is 0 Å². The maximum atomic E-state index is 4.49. The Morgan fingerprint density at radius 1 is 1.44 bits per heavy atom. The molecule has 1 fully saturated rings. The third-order valence-electron chi connectivity index (χ3n) is 3.45. The highest BCUT2D eigenvalue weighted by atomic mass is 79.9. The Bertz CT molecular complexity index is 397. The van der Waals surface area contributed by atoms with Crippen LogP contribution in [0.25, 0.3) is 0 Å². The standard InChI is InChI=1S/C13H21BrN4/c1-3-12-16-11(14)7-13(17-12)15-8-10-5-6-18(4-2)9-10/h7,10H,3-6,8-9H2,1-2H3,(H,15,16,17). The summed E-state index contributed by atoms with van der Waals surface area (Å²) >= 11 is 3.43. The summed E-state index contributed by atoms with van der Waals surface area (Å²) in [6, 6.07) is 1.95. The van der Waals surface area contributed by atoms with E-state index >= 15 is 0 Å². The molecule has 0 saturated carbocycles. The predicted molar refractivity (Wildman–Crippen MR) is 77.8 cm³/mol. The molecular formula is C13H21BrN4. The number of anilines is 1. The molecule has 1 unspecified atom stereocenters. The van der Waals surface area contributed by atoms with Crippen LogP contribution >= 0.6 is 15.9 Å². The van der Waals surface area contributed by atoms with Crippen molar-refractivity contribution >= 4 is 21.7 Å². The van der Waals surface area contributed by atoms with Gasteiger partial charge in [0.1, 0.15) is 16.2 Å². The van der Waals surface area contributed by atoms with Gasteiger partial charge in [0.05, 0.1) is 0 Å². The van der Waals surface area contributed by atoms with Crippen LogP contribution in [-0.4, -0.2) is 41.0 Å². The van der Waals surface area contributed by atoms with Crippen molar-refractivity contribution in [3.63, 3.8) is 0 Å². The van der Waals surface area contributed by atoms with Gasteiger partial charge in [0, 0.05) is 25.6 Å². The van der Waals surface area contributed by atoms with Crippen LogP contribution in [0.1, 0.15) is 26.1 Å². The third kappa shape index (κ3) is 3.65. The van der Waals surface area contributed by atoms with Crippen LogP contribution in [0.15, 0.2) is 10.7 Å². The highest BCUT2D eigenvalue weighted by Crippen LogP contribution is 2.17. The van der Waals surface area contributed by atoms with E-state index in [9.17, 15) is 0 Å². The molecule has 18 heavy (non-hydrogen) atoms. The van der Waals surface area contributed by atoms with Gasteiger partial charge in [-0.1, -0.05) is 13.8 Å². The fraction of sp³-hybridized carbons (Fsp3) is 0.692. The van der Waals surface area contributed by atoms with E-state index in [4.69, 9.17) is 0 Å². The number of hydrogen-bond acceptors (Lipinski definition) is 4. The molecule has 1 aliphatic heterocycles. The molecule has 0 bridgehead atoms. The van der Waals surface area contributed by atoms with Gasteiger partial charge in [-0.2, -0.15) is 0 Å². The molecule has 2 heterocycles. The van der Waals surface area contributed by atoms with Crippen molar-refractivity contribution < 1.29 is 0 Å². The van der Waals surface area contributed by atoms with Gasteiger partial charge in [0.15, 0.2) is 0 Å². The number of rotatable bonds is 5. The molecule has 100 valence electrons. The highest BCUT2D eigenvalue weighted by Gasteiger charge is 2.20. The van der Waals surface area contributed by atoms with E-state index in [2.05, 4.69) is 50.0 Å². The smallest absolute Gasteiger partial charge is 0.131 e. The van der Waals surface area contributed by atoms with Crippen LogP contribution in [0.4, 0.5) is 5.82 Å². The number of aryl methyl sites for hydroxylation is 1. The zero-order valence-corrected chi connectivity index (χ0v) is 12.7. The molecule has 0 aromatic carbocycles. The lowest BCUT2D eigenvalue weighted by Gasteiger charge is -2.14. The first-order valence-corrected chi connectivity index (χ1v) is 7.50. The Morgan fingerprint density at radius 2 is 2.28 bits per heavy atom. The average molecular weight is 313 g/mol. The number of hydrogen-bond donors (Lipinski definition) is 1. The van der Waals surface area contributed by atoms with E-state index in [-0.39, 0.29) is 0 Å². The van der Waals surface area contributed by atoms with E-state index in [1.54, 1.807) is 0 Å². The maximum absolute atomic E-state index is 4.49. The predicted octanol–water partition coefficient (Wildman–Crippen LogP) is 2.56. The molecule has 4 nitrogen and oxygen atoms in total. The Balaban J connectivity index is 1.88. The lowest BCUT2D eigenvalue weighted by Crippen LogP contribution is -2.22. The van der Waals surface area contributed by atoms with Gasteiger partial charge in [-0.15, -0.1) is 0 Å². The molecule has 1 atom stereocenters. The fourth-order valence-corrected chi connectivity index (χ4v) is 2.75. The second kappa shape index (κ2) is 6.48. The number of nitrogens with one attached hydrogen (secondary N) is 1. The van der Waals surface area contributed by atoms with Gasteiger partial charge >= 0.3 is 0 Å². The monoisotopic (exact) mass is 312 g/mol. The van der Waals surface area contributed by atoms with Crippen LogP contribution < -0.4 is 5.32 Å². The number of likely N-dealkylation sites (tertiary alicyclic amines) is 1. The topological polar surface area (TPSA) is 41.1 Å². The van der Waals surface area contributed by atoms with Crippen molar-refractivity contribution in [1.29, 1.82) is 0 Å². The Labute approximate surface area is 117 Å². The third-order valence-corrected chi connectivity index (χ3v) is 3.85. The SMILES string of the molecule is CCc1nc(Br)cc(NCC2CCN(CC)C2)n1. The van der Waals surface area contributed by atoms with Gasteiger partial charge in [-0.3, -0.25) is 0 Å². The first-order valence-electron chi connectivity index (χ1n) is 6.71. The quantitative estimate of drug-likeness (QED) is 0.848. The normalized spacial score (nSPS) is 20.3. The maximum Gasteiger partial charge on any atom is 0.131 e. The van der Waals surface area contributed by atoms with Crippen LogP contribution in [0.3, 0.4) is 0 Å². The minimum atomic E-state index is 0.740. The van der Waals surface area contributed by atoms with Crippen molar-refractivity contribution in [2.24, 2.45) is 5.92 Å². The van der Waals surface area contributed by atoms with Crippen molar-refractivity contribution in [2.45, 2.75) is 26.7 Å². The zero-order chi connectivity index (χ0) is 13.0. The summed E-state index contributed by atoms with van der Waals surface area (Å²) in [4.78, 5) is 11.3. The van der Waals surface area contributed by atoms with Crippen LogP contribution in [0, 0.1) is 5.92 Å². The number of halogens is 1. The molecule has 1 aromatic heterocycles. The second-order valence-electron chi connectivity index (χ2n) is 4.77. The van der Waals surface area contributed by atoms with Crippen LogP contribution in [0.2, 0.25) is 0 Å².